The zero-order valence-corrected chi connectivity index (χ0v) is 13.7. The Balaban J connectivity index is 2.16. The second-order valence-electron chi connectivity index (χ2n) is 4.78. The Morgan fingerprint density at radius 3 is 2.80 bits per heavy atom. The summed E-state index contributed by atoms with van der Waals surface area (Å²) in [6, 6.07) is 10.4. The van der Waals surface area contributed by atoms with Crippen LogP contribution in [0.25, 0.3) is 11.3 Å². The molecule has 20 heavy (non-hydrogen) atoms. The van der Waals surface area contributed by atoms with Gasteiger partial charge in [0.25, 0.3) is 0 Å². The molecule has 0 saturated heterocycles. The Kier molecular flexibility index (Phi) is 5.26. The molecule has 1 unspecified atom stereocenters. The molecule has 0 aliphatic heterocycles. The monoisotopic (exact) mass is 337 g/mol. The van der Waals surface area contributed by atoms with Gasteiger partial charge in [0.05, 0.1) is 11.6 Å². The van der Waals surface area contributed by atoms with E-state index in [2.05, 4.69) is 35.1 Å². The van der Waals surface area contributed by atoms with E-state index in [0.717, 1.165) is 40.3 Å². The molecule has 108 valence electrons. The maximum absolute atomic E-state index is 5.92. The van der Waals surface area contributed by atoms with Crippen molar-refractivity contribution in [1.82, 2.24) is 5.32 Å². The van der Waals surface area contributed by atoms with Crippen molar-refractivity contribution in [3.63, 3.8) is 0 Å². The molecule has 0 amide bonds. The highest BCUT2D eigenvalue weighted by atomic mass is 79.9. The van der Waals surface area contributed by atoms with Crippen molar-refractivity contribution in [1.29, 1.82) is 0 Å². The average Bonchev–Trinajstić information content (AvgIpc) is 2.88. The summed E-state index contributed by atoms with van der Waals surface area (Å²) in [5.41, 5.74) is 1.02. The van der Waals surface area contributed by atoms with Crippen molar-refractivity contribution in [2.75, 3.05) is 13.7 Å². The zero-order valence-electron chi connectivity index (χ0n) is 12.1. The van der Waals surface area contributed by atoms with Crippen molar-refractivity contribution in [2.45, 2.75) is 26.3 Å². The molecule has 1 heterocycles. The second-order valence-corrected chi connectivity index (χ2v) is 5.63. The van der Waals surface area contributed by atoms with Crippen molar-refractivity contribution < 1.29 is 9.15 Å². The van der Waals surface area contributed by atoms with Gasteiger partial charge in [-0.2, -0.15) is 0 Å². The van der Waals surface area contributed by atoms with E-state index in [0.29, 0.717) is 6.04 Å². The standard InChI is InChI=1S/C16H20BrNO2/c1-4-18-11(2)9-13-6-8-15(20-13)12-5-7-14(17)16(10-12)19-3/h5-8,10-11,18H,4,9H2,1-3H3. The number of furan rings is 1. The van der Waals surface area contributed by atoms with Gasteiger partial charge in [0.1, 0.15) is 17.3 Å². The number of halogens is 1. The minimum Gasteiger partial charge on any atom is -0.496 e. The van der Waals surface area contributed by atoms with Crippen molar-refractivity contribution in [2.24, 2.45) is 0 Å². The first-order valence-electron chi connectivity index (χ1n) is 6.80. The van der Waals surface area contributed by atoms with Crippen LogP contribution in [-0.2, 0) is 6.42 Å². The molecule has 0 spiro atoms. The topological polar surface area (TPSA) is 34.4 Å². The molecule has 4 heteroatoms. The third-order valence-electron chi connectivity index (χ3n) is 3.16. The van der Waals surface area contributed by atoms with E-state index in [1.54, 1.807) is 7.11 Å². The summed E-state index contributed by atoms with van der Waals surface area (Å²) in [6.45, 7) is 5.24. The van der Waals surface area contributed by atoms with Crippen LogP contribution in [0.1, 0.15) is 19.6 Å². The van der Waals surface area contributed by atoms with Crippen LogP contribution in [0.4, 0.5) is 0 Å². The van der Waals surface area contributed by atoms with Crippen LogP contribution in [0.15, 0.2) is 39.2 Å². The van der Waals surface area contributed by atoms with Crippen LogP contribution in [0.2, 0.25) is 0 Å². The Morgan fingerprint density at radius 2 is 2.10 bits per heavy atom. The maximum Gasteiger partial charge on any atom is 0.134 e. The van der Waals surface area contributed by atoms with Gasteiger partial charge in [0, 0.05) is 18.0 Å². The second kappa shape index (κ2) is 6.95. The van der Waals surface area contributed by atoms with Gasteiger partial charge in [-0.3, -0.25) is 0 Å². The molecule has 0 fully saturated rings. The highest BCUT2D eigenvalue weighted by Gasteiger charge is 2.10. The molecule has 1 aromatic carbocycles. The van der Waals surface area contributed by atoms with Crippen molar-refractivity contribution in [3.05, 3.63) is 40.6 Å². The minimum absolute atomic E-state index is 0.415. The lowest BCUT2D eigenvalue weighted by atomic mass is 10.1. The van der Waals surface area contributed by atoms with Gasteiger partial charge in [-0.15, -0.1) is 0 Å². The summed E-state index contributed by atoms with van der Waals surface area (Å²) in [6.07, 6.45) is 0.890. The fourth-order valence-corrected chi connectivity index (χ4v) is 2.59. The van der Waals surface area contributed by atoms with Gasteiger partial charge < -0.3 is 14.5 Å². The summed E-state index contributed by atoms with van der Waals surface area (Å²) < 4.78 is 12.2. The number of methoxy groups -OCH3 is 1. The molecule has 0 aliphatic carbocycles. The van der Waals surface area contributed by atoms with Crippen LogP contribution in [0.3, 0.4) is 0 Å². The molecule has 0 radical (unpaired) electrons. The number of likely N-dealkylation sites (N-methyl/N-ethyl adjacent to an activating group) is 1. The van der Waals surface area contributed by atoms with Crippen molar-refractivity contribution >= 4 is 15.9 Å². The van der Waals surface area contributed by atoms with Crippen LogP contribution in [-0.4, -0.2) is 19.7 Å². The van der Waals surface area contributed by atoms with Crippen LogP contribution in [0, 0.1) is 0 Å². The van der Waals surface area contributed by atoms with Gasteiger partial charge in [-0.25, -0.2) is 0 Å². The summed E-state index contributed by atoms with van der Waals surface area (Å²) in [7, 11) is 1.66. The van der Waals surface area contributed by atoms with Crippen LogP contribution < -0.4 is 10.1 Å². The highest BCUT2D eigenvalue weighted by Crippen LogP contribution is 2.31. The fraction of sp³-hybridized carbons (Fsp3) is 0.375. The van der Waals surface area contributed by atoms with Gasteiger partial charge in [0.15, 0.2) is 0 Å². The van der Waals surface area contributed by atoms with E-state index < -0.39 is 0 Å². The molecule has 0 aliphatic rings. The van der Waals surface area contributed by atoms with Gasteiger partial charge in [-0.1, -0.05) is 6.92 Å². The maximum atomic E-state index is 5.92. The normalized spacial score (nSPS) is 12.4. The van der Waals surface area contributed by atoms with E-state index in [1.165, 1.54) is 0 Å². The SMILES string of the molecule is CCNC(C)Cc1ccc(-c2ccc(Br)c(OC)c2)o1. The summed E-state index contributed by atoms with van der Waals surface area (Å²) >= 11 is 3.45. The molecular formula is C16H20BrNO2. The molecule has 1 N–H and O–H groups in total. The molecular weight excluding hydrogens is 318 g/mol. The lowest BCUT2D eigenvalue weighted by Crippen LogP contribution is -2.27. The number of benzene rings is 1. The van der Waals surface area contributed by atoms with Crippen LogP contribution in [0.5, 0.6) is 5.75 Å². The predicted octanol–water partition coefficient (Wildman–Crippen LogP) is 4.26. The Labute approximate surface area is 128 Å². The predicted molar refractivity (Wildman–Crippen MR) is 85.2 cm³/mol. The van der Waals surface area contributed by atoms with Gasteiger partial charge in [-0.05, 0) is 59.7 Å². The largest absolute Gasteiger partial charge is 0.496 e. The first kappa shape index (κ1) is 15.1. The average molecular weight is 338 g/mol. The fourth-order valence-electron chi connectivity index (χ4n) is 2.18. The third kappa shape index (κ3) is 3.64. The first-order valence-corrected chi connectivity index (χ1v) is 7.59. The third-order valence-corrected chi connectivity index (χ3v) is 3.81. The summed E-state index contributed by atoms with van der Waals surface area (Å²) in [4.78, 5) is 0. The Morgan fingerprint density at radius 1 is 1.30 bits per heavy atom. The van der Waals surface area contributed by atoms with E-state index in [-0.39, 0.29) is 0 Å². The highest BCUT2D eigenvalue weighted by molar-refractivity contribution is 9.10. The lowest BCUT2D eigenvalue weighted by Gasteiger charge is -2.09. The van der Waals surface area contributed by atoms with E-state index >= 15 is 0 Å². The Hall–Kier alpha value is -1.26. The Bertz CT molecular complexity index is 565. The number of nitrogens with one attached hydrogen (secondary N) is 1. The first-order chi connectivity index (χ1) is 9.63. The quantitative estimate of drug-likeness (QED) is 0.855. The van der Waals surface area contributed by atoms with Crippen LogP contribution >= 0.6 is 15.9 Å². The minimum atomic E-state index is 0.415. The lowest BCUT2D eigenvalue weighted by molar-refractivity contribution is 0.412. The number of ether oxygens (including phenoxy) is 1. The molecule has 2 aromatic rings. The number of hydrogen-bond donors (Lipinski definition) is 1. The van der Waals surface area contributed by atoms with Gasteiger partial charge >= 0.3 is 0 Å². The summed E-state index contributed by atoms with van der Waals surface area (Å²) in [5.74, 6) is 2.67. The molecule has 1 atom stereocenters. The number of rotatable bonds is 6. The van der Waals surface area contributed by atoms with E-state index in [4.69, 9.17) is 9.15 Å². The molecule has 1 aromatic heterocycles. The zero-order chi connectivity index (χ0) is 14.5. The molecule has 0 bridgehead atoms. The molecule has 0 saturated carbocycles. The van der Waals surface area contributed by atoms with E-state index in [1.807, 2.05) is 30.3 Å². The van der Waals surface area contributed by atoms with Gasteiger partial charge in [0.2, 0.25) is 0 Å². The number of hydrogen-bond acceptors (Lipinski definition) is 3. The smallest absolute Gasteiger partial charge is 0.134 e. The molecule has 2 rings (SSSR count). The molecule has 3 nitrogen and oxygen atoms in total. The van der Waals surface area contributed by atoms with E-state index in [9.17, 15) is 0 Å². The summed E-state index contributed by atoms with van der Waals surface area (Å²) in [5, 5.41) is 3.38. The van der Waals surface area contributed by atoms with Crippen molar-refractivity contribution in [3.8, 4) is 17.1 Å².